The molecule has 1 aromatic carbocycles. The molecule has 1 N–H and O–H groups in total. The normalized spacial score (nSPS) is 33.2. The Bertz CT molecular complexity index is 680. The van der Waals surface area contributed by atoms with Crippen LogP contribution in [-0.4, -0.2) is 28.6 Å². The van der Waals surface area contributed by atoms with Crippen molar-refractivity contribution < 1.29 is 24.2 Å². The van der Waals surface area contributed by atoms with Gasteiger partial charge in [-0.2, -0.15) is 0 Å². The van der Waals surface area contributed by atoms with E-state index in [-0.39, 0.29) is 40.8 Å². The first-order chi connectivity index (χ1) is 10.8. The fourth-order valence-electron chi connectivity index (χ4n) is 3.71. The minimum atomic E-state index is -1.01. The summed E-state index contributed by atoms with van der Waals surface area (Å²) in [5.74, 6) is -1.11. The zero-order valence-electron chi connectivity index (χ0n) is 13.9. The molecule has 124 valence electrons. The molecule has 4 atom stereocenters. The number of fused-ring (bicyclic) bond motifs is 1. The number of benzene rings is 1. The zero-order valence-corrected chi connectivity index (χ0v) is 13.9. The molecule has 1 saturated heterocycles. The molecule has 2 heterocycles. The summed E-state index contributed by atoms with van der Waals surface area (Å²) in [6.45, 7) is 7.07. The van der Waals surface area contributed by atoms with E-state index >= 15 is 0 Å². The van der Waals surface area contributed by atoms with Gasteiger partial charge in [0.25, 0.3) is 0 Å². The topological polar surface area (TPSA) is 72.8 Å². The molecule has 0 aliphatic carbocycles. The van der Waals surface area contributed by atoms with E-state index in [4.69, 9.17) is 9.47 Å². The highest BCUT2D eigenvalue weighted by Gasteiger charge is 2.54. The monoisotopic (exact) mass is 318 g/mol. The number of aromatic hydroxyl groups is 1. The molecule has 1 spiro atoms. The van der Waals surface area contributed by atoms with Gasteiger partial charge in [0, 0.05) is 17.9 Å². The van der Waals surface area contributed by atoms with Gasteiger partial charge in [-0.1, -0.05) is 6.92 Å². The maximum absolute atomic E-state index is 12.3. The number of rotatable bonds is 1. The zero-order chi connectivity index (χ0) is 16.9. The predicted molar refractivity (Wildman–Crippen MR) is 83.7 cm³/mol. The molecular weight excluding hydrogens is 296 g/mol. The Labute approximate surface area is 135 Å². The van der Waals surface area contributed by atoms with Crippen LogP contribution in [0.1, 0.15) is 50.0 Å². The van der Waals surface area contributed by atoms with E-state index in [0.717, 1.165) is 0 Å². The largest absolute Gasteiger partial charge is 0.507 e. The number of Topliss-reactive ketones (excluding diaryl/α,β-unsaturated/α-hetero) is 2. The van der Waals surface area contributed by atoms with Gasteiger partial charge in [-0.15, -0.1) is 0 Å². The van der Waals surface area contributed by atoms with Crippen LogP contribution in [0.15, 0.2) is 12.1 Å². The van der Waals surface area contributed by atoms with Crippen LogP contribution in [0.4, 0.5) is 0 Å². The molecule has 1 aromatic rings. The van der Waals surface area contributed by atoms with Crippen LogP contribution in [-0.2, 0) is 16.0 Å². The summed E-state index contributed by atoms with van der Waals surface area (Å²) in [6, 6.07) is 3.23. The lowest BCUT2D eigenvalue weighted by Crippen LogP contribution is -2.60. The van der Waals surface area contributed by atoms with Gasteiger partial charge in [0.15, 0.2) is 5.78 Å². The average Bonchev–Trinajstić information content (AvgIpc) is 2.46. The van der Waals surface area contributed by atoms with Gasteiger partial charge in [-0.3, -0.25) is 9.59 Å². The Morgan fingerprint density at radius 2 is 1.96 bits per heavy atom. The fourth-order valence-corrected chi connectivity index (χ4v) is 3.71. The average molecular weight is 318 g/mol. The van der Waals surface area contributed by atoms with E-state index in [1.807, 2.05) is 20.8 Å². The van der Waals surface area contributed by atoms with E-state index in [1.165, 1.54) is 6.92 Å². The number of hydrogen-bond acceptors (Lipinski definition) is 5. The Hall–Kier alpha value is -1.88. The molecule has 2 aliphatic rings. The van der Waals surface area contributed by atoms with Crippen LogP contribution in [0.3, 0.4) is 0 Å². The minimum Gasteiger partial charge on any atom is -0.507 e. The van der Waals surface area contributed by atoms with Crippen LogP contribution in [0.2, 0.25) is 0 Å². The lowest BCUT2D eigenvalue weighted by molar-refractivity contribution is -0.278. The molecule has 0 amide bonds. The quantitative estimate of drug-likeness (QED) is 0.806. The Kier molecular flexibility index (Phi) is 3.71. The number of carbonyl (C=O) groups is 2. The van der Waals surface area contributed by atoms with Crippen LogP contribution >= 0.6 is 0 Å². The SMILES string of the molecule is CC(=O)c1ccc2c(c1O)C[C@@H](C)C1(O2)O[C@H](C)CC(=O)[C@H]1C. The Balaban J connectivity index is 2.06. The van der Waals surface area contributed by atoms with Crippen molar-refractivity contribution in [3.05, 3.63) is 23.3 Å². The third-order valence-corrected chi connectivity index (χ3v) is 5.05. The van der Waals surface area contributed by atoms with Crippen LogP contribution in [0, 0.1) is 11.8 Å². The van der Waals surface area contributed by atoms with Crippen molar-refractivity contribution in [2.24, 2.45) is 11.8 Å². The molecule has 0 saturated carbocycles. The minimum absolute atomic E-state index is 0.0282. The van der Waals surface area contributed by atoms with Gasteiger partial charge in [-0.05, 0) is 39.3 Å². The first-order valence-electron chi connectivity index (χ1n) is 8.01. The smallest absolute Gasteiger partial charge is 0.223 e. The van der Waals surface area contributed by atoms with Crippen molar-refractivity contribution >= 4 is 11.6 Å². The van der Waals surface area contributed by atoms with Crippen LogP contribution in [0.25, 0.3) is 0 Å². The molecule has 3 rings (SSSR count). The Morgan fingerprint density at radius 1 is 1.26 bits per heavy atom. The highest BCUT2D eigenvalue weighted by molar-refractivity contribution is 5.97. The lowest BCUT2D eigenvalue weighted by atomic mass is 9.77. The summed E-state index contributed by atoms with van der Waals surface area (Å²) < 4.78 is 12.2. The summed E-state index contributed by atoms with van der Waals surface area (Å²) in [5.41, 5.74) is 0.898. The van der Waals surface area contributed by atoms with Crippen LogP contribution in [0.5, 0.6) is 11.5 Å². The molecule has 1 fully saturated rings. The molecule has 0 bridgehead atoms. The second kappa shape index (κ2) is 5.34. The van der Waals surface area contributed by atoms with E-state index in [9.17, 15) is 14.7 Å². The number of ketones is 2. The van der Waals surface area contributed by atoms with Crippen molar-refractivity contribution in [2.75, 3.05) is 0 Å². The maximum Gasteiger partial charge on any atom is 0.223 e. The van der Waals surface area contributed by atoms with Gasteiger partial charge >= 0.3 is 0 Å². The number of phenolic OH excluding ortho intramolecular Hbond substituents is 1. The number of phenols is 1. The first kappa shape index (κ1) is 16.0. The summed E-state index contributed by atoms with van der Waals surface area (Å²) in [6.07, 6.45) is 0.681. The maximum atomic E-state index is 12.3. The number of ether oxygens (including phenoxy) is 2. The van der Waals surface area contributed by atoms with E-state index in [2.05, 4.69) is 0 Å². The van der Waals surface area contributed by atoms with E-state index in [0.29, 0.717) is 24.2 Å². The summed E-state index contributed by atoms with van der Waals surface area (Å²) in [5, 5.41) is 10.4. The van der Waals surface area contributed by atoms with Crippen LogP contribution < -0.4 is 4.74 Å². The standard InChI is InChI=1S/C18H22O5/c1-9-7-14-16(6-5-13(12(4)19)17(14)21)23-18(9)11(3)15(20)8-10(2)22-18/h5-6,9-11,21H,7-8H2,1-4H3/t9-,10-,11-,18?/m1/s1. The number of carbonyl (C=O) groups excluding carboxylic acids is 2. The molecule has 1 unspecified atom stereocenters. The molecule has 2 aliphatic heterocycles. The summed E-state index contributed by atoms with van der Waals surface area (Å²) in [4.78, 5) is 23.9. The Morgan fingerprint density at radius 3 is 2.61 bits per heavy atom. The second-order valence-electron chi connectivity index (χ2n) is 6.74. The second-order valence-corrected chi connectivity index (χ2v) is 6.74. The molecular formula is C18H22O5. The van der Waals surface area contributed by atoms with Gasteiger partial charge in [0.2, 0.25) is 5.79 Å². The summed E-state index contributed by atoms with van der Waals surface area (Å²) >= 11 is 0. The third kappa shape index (κ3) is 2.34. The number of hydrogen-bond donors (Lipinski definition) is 1. The van der Waals surface area contributed by atoms with Crippen molar-refractivity contribution in [3.8, 4) is 11.5 Å². The molecule has 5 heteroatoms. The van der Waals surface area contributed by atoms with E-state index < -0.39 is 5.79 Å². The molecule has 0 aromatic heterocycles. The molecule has 0 radical (unpaired) electrons. The predicted octanol–water partition coefficient (Wildman–Crippen LogP) is 2.88. The van der Waals surface area contributed by atoms with Crippen molar-refractivity contribution in [1.29, 1.82) is 0 Å². The summed E-state index contributed by atoms with van der Waals surface area (Å²) in [7, 11) is 0. The van der Waals surface area contributed by atoms with Gasteiger partial charge in [0.05, 0.1) is 17.6 Å². The van der Waals surface area contributed by atoms with Gasteiger partial charge < -0.3 is 14.6 Å². The highest BCUT2D eigenvalue weighted by Crippen LogP contribution is 2.48. The first-order valence-corrected chi connectivity index (χ1v) is 8.01. The van der Waals surface area contributed by atoms with Crippen molar-refractivity contribution in [1.82, 2.24) is 0 Å². The molecule has 23 heavy (non-hydrogen) atoms. The van der Waals surface area contributed by atoms with Crippen molar-refractivity contribution in [3.63, 3.8) is 0 Å². The third-order valence-electron chi connectivity index (χ3n) is 5.05. The molecule has 5 nitrogen and oxygen atoms in total. The highest BCUT2D eigenvalue weighted by atomic mass is 16.7. The van der Waals surface area contributed by atoms with Gasteiger partial charge in [0.1, 0.15) is 17.3 Å². The van der Waals surface area contributed by atoms with Crippen molar-refractivity contribution in [2.45, 2.75) is 52.4 Å². The fraction of sp³-hybridized carbons (Fsp3) is 0.556. The lowest BCUT2D eigenvalue weighted by Gasteiger charge is -2.49. The van der Waals surface area contributed by atoms with E-state index in [1.54, 1.807) is 12.1 Å². The van der Waals surface area contributed by atoms with Gasteiger partial charge in [-0.25, -0.2) is 0 Å².